The average Bonchev–Trinajstić information content (AvgIpc) is 2.52. The summed E-state index contributed by atoms with van der Waals surface area (Å²) in [6.45, 7) is 6.21. The van der Waals surface area contributed by atoms with E-state index < -0.39 is 0 Å². The van der Waals surface area contributed by atoms with E-state index in [9.17, 15) is 9.59 Å². The molecule has 0 saturated carbocycles. The van der Waals surface area contributed by atoms with Crippen molar-refractivity contribution < 1.29 is 4.79 Å². The smallest absolute Gasteiger partial charge is 0.264 e. The molecule has 116 valence electrons. The topological polar surface area (TPSA) is 74.8 Å². The number of hydrogen-bond acceptors (Lipinski definition) is 3. The molecule has 1 atom stereocenters. The highest BCUT2D eigenvalue weighted by molar-refractivity contribution is 5.94. The van der Waals surface area contributed by atoms with Crippen LogP contribution in [-0.4, -0.2) is 16.1 Å². The Morgan fingerprint density at radius 3 is 2.50 bits per heavy atom. The lowest BCUT2D eigenvalue weighted by Crippen LogP contribution is -2.32. The number of aromatic amines is 1. The van der Waals surface area contributed by atoms with Gasteiger partial charge in [-0.3, -0.25) is 9.59 Å². The summed E-state index contributed by atoms with van der Waals surface area (Å²) in [5.41, 5.74) is 2.19. The lowest BCUT2D eigenvalue weighted by molar-refractivity contribution is 0.0925. The third-order valence-corrected chi connectivity index (χ3v) is 3.63. The van der Waals surface area contributed by atoms with E-state index in [1.165, 1.54) is 17.8 Å². The van der Waals surface area contributed by atoms with Gasteiger partial charge in [-0.2, -0.15) is 5.10 Å². The number of amides is 1. The molecule has 1 aromatic heterocycles. The Morgan fingerprint density at radius 1 is 1.27 bits per heavy atom. The number of nitrogens with zero attached hydrogens (tertiary/aromatic N) is 1. The normalized spacial score (nSPS) is 12.2. The highest BCUT2D eigenvalue weighted by Gasteiger charge is 2.19. The van der Waals surface area contributed by atoms with Crippen LogP contribution in [0.4, 0.5) is 0 Å². The zero-order valence-electron chi connectivity index (χ0n) is 13.1. The van der Waals surface area contributed by atoms with Crippen molar-refractivity contribution in [3.63, 3.8) is 0 Å². The van der Waals surface area contributed by atoms with Gasteiger partial charge in [-0.15, -0.1) is 0 Å². The van der Waals surface area contributed by atoms with Crippen LogP contribution in [0.1, 0.15) is 48.3 Å². The predicted molar refractivity (Wildman–Crippen MR) is 85.7 cm³/mol. The molecule has 2 N–H and O–H groups in total. The summed E-state index contributed by atoms with van der Waals surface area (Å²) in [6.07, 6.45) is 2.34. The fraction of sp³-hybridized carbons (Fsp3) is 0.353. The zero-order valence-corrected chi connectivity index (χ0v) is 13.1. The van der Waals surface area contributed by atoms with E-state index in [-0.39, 0.29) is 29.0 Å². The molecular weight excluding hydrogens is 278 g/mol. The van der Waals surface area contributed by atoms with Crippen LogP contribution in [0, 0.1) is 5.92 Å². The van der Waals surface area contributed by atoms with Crippen LogP contribution in [0.25, 0.3) is 0 Å². The molecule has 0 radical (unpaired) electrons. The lowest BCUT2D eigenvalue weighted by Gasteiger charge is -2.23. The van der Waals surface area contributed by atoms with Gasteiger partial charge in [-0.05, 0) is 23.5 Å². The van der Waals surface area contributed by atoms with Crippen molar-refractivity contribution in [2.75, 3.05) is 0 Å². The zero-order chi connectivity index (χ0) is 16.1. The molecular formula is C17H21N3O2. The predicted octanol–water partition coefficient (Wildman–Crippen LogP) is 2.46. The largest absolute Gasteiger partial charge is 0.345 e. The van der Waals surface area contributed by atoms with Crippen LogP contribution >= 0.6 is 0 Å². The monoisotopic (exact) mass is 299 g/mol. The number of aryl methyl sites for hydroxylation is 1. The fourth-order valence-electron chi connectivity index (χ4n) is 2.32. The number of carbonyl (C=O) groups is 1. The van der Waals surface area contributed by atoms with E-state index >= 15 is 0 Å². The van der Waals surface area contributed by atoms with Crippen molar-refractivity contribution in [2.45, 2.75) is 33.2 Å². The average molecular weight is 299 g/mol. The van der Waals surface area contributed by atoms with Crippen LogP contribution in [0.3, 0.4) is 0 Å². The highest BCUT2D eigenvalue weighted by Crippen LogP contribution is 2.22. The van der Waals surface area contributed by atoms with E-state index in [1.54, 1.807) is 0 Å². The molecule has 0 aliphatic heterocycles. The van der Waals surface area contributed by atoms with Crippen LogP contribution in [0.5, 0.6) is 0 Å². The van der Waals surface area contributed by atoms with Gasteiger partial charge in [0.1, 0.15) is 0 Å². The summed E-state index contributed by atoms with van der Waals surface area (Å²) >= 11 is 0. The highest BCUT2D eigenvalue weighted by atomic mass is 16.2. The molecule has 0 saturated heterocycles. The second kappa shape index (κ2) is 7.02. The summed E-state index contributed by atoms with van der Waals surface area (Å²) in [5, 5.41) is 8.90. The Labute approximate surface area is 129 Å². The molecule has 2 rings (SSSR count). The number of benzene rings is 1. The van der Waals surface area contributed by atoms with Crippen LogP contribution in [0.15, 0.2) is 41.3 Å². The molecule has 0 aliphatic carbocycles. The van der Waals surface area contributed by atoms with Crippen LogP contribution < -0.4 is 10.9 Å². The second-order valence-electron chi connectivity index (χ2n) is 5.62. The number of aromatic nitrogens is 2. The van der Waals surface area contributed by atoms with Crippen LogP contribution in [-0.2, 0) is 6.42 Å². The first-order valence-corrected chi connectivity index (χ1v) is 7.45. The minimum Gasteiger partial charge on any atom is -0.345 e. The van der Waals surface area contributed by atoms with E-state index in [0.717, 1.165) is 12.0 Å². The molecule has 5 heteroatoms. The number of rotatable bonds is 5. The van der Waals surface area contributed by atoms with Gasteiger partial charge in [0.25, 0.3) is 11.5 Å². The minimum absolute atomic E-state index is 0.113. The Balaban J connectivity index is 2.21. The Hall–Kier alpha value is -2.43. The Morgan fingerprint density at radius 2 is 1.95 bits per heavy atom. The molecule has 1 heterocycles. The van der Waals surface area contributed by atoms with E-state index in [2.05, 4.69) is 48.4 Å². The second-order valence-corrected chi connectivity index (χ2v) is 5.62. The number of nitrogens with one attached hydrogen (secondary N) is 2. The Kier molecular flexibility index (Phi) is 5.09. The van der Waals surface area contributed by atoms with Crippen molar-refractivity contribution >= 4 is 5.91 Å². The van der Waals surface area contributed by atoms with E-state index in [4.69, 9.17) is 0 Å². The van der Waals surface area contributed by atoms with E-state index in [1.807, 2.05) is 12.1 Å². The van der Waals surface area contributed by atoms with E-state index in [0.29, 0.717) is 0 Å². The van der Waals surface area contributed by atoms with Gasteiger partial charge in [0.15, 0.2) is 0 Å². The fourth-order valence-corrected chi connectivity index (χ4v) is 2.32. The third kappa shape index (κ3) is 3.81. The molecule has 5 nitrogen and oxygen atoms in total. The number of carbonyl (C=O) groups excluding carboxylic acids is 1. The van der Waals surface area contributed by atoms with Crippen molar-refractivity contribution in [1.82, 2.24) is 15.5 Å². The summed E-state index contributed by atoms with van der Waals surface area (Å²) < 4.78 is 0. The summed E-state index contributed by atoms with van der Waals surface area (Å²) in [4.78, 5) is 23.6. The van der Waals surface area contributed by atoms with Crippen molar-refractivity contribution in [2.24, 2.45) is 5.92 Å². The SMILES string of the molecule is CCc1ccc(C(NC(=O)c2cn[nH]c(=O)c2)C(C)C)cc1. The number of H-pyrrole nitrogens is 1. The summed E-state index contributed by atoms with van der Waals surface area (Å²) in [7, 11) is 0. The summed E-state index contributed by atoms with van der Waals surface area (Å²) in [5.74, 6) is -0.0664. The maximum atomic E-state index is 12.3. The van der Waals surface area contributed by atoms with Crippen molar-refractivity contribution in [1.29, 1.82) is 0 Å². The van der Waals surface area contributed by atoms with Crippen molar-refractivity contribution in [3.05, 3.63) is 63.6 Å². The van der Waals surface area contributed by atoms with Gasteiger partial charge in [-0.25, -0.2) is 5.10 Å². The molecule has 0 fully saturated rings. The van der Waals surface area contributed by atoms with Gasteiger partial charge in [0, 0.05) is 6.07 Å². The molecule has 1 unspecified atom stereocenters. The molecule has 1 amide bonds. The molecule has 1 aromatic carbocycles. The lowest BCUT2D eigenvalue weighted by atomic mass is 9.94. The van der Waals surface area contributed by atoms with Gasteiger partial charge in [-0.1, -0.05) is 45.0 Å². The van der Waals surface area contributed by atoms with Crippen molar-refractivity contribution in [3.8, 4) is 0 Å². The Bertz CT molecular complexity index is 690. The molecule has 0 spiro atoms. The quantitative estimate of drug-likeness (QED) is 0.890. The molecule has 0 aliphatic rings. The molecule has 2 aromatic rings. The van der Waals surface area contributed by atoms with Gasteiger partial charge in [0.05, 0.1) is 17.8 Å². The van der Waals surface area contributed by atoms with Crippen LogP contribution in [0.2, 0.25) is 0 Å². The first-order chi connectivity index (χ1) is 10.5. The number of hydrogen-bond donors (Lipinski definition) is 2. The molecule has 22 heavy (non-hydrogen) atoms. The maximum absolute atomic E-state index is 12.3. The molecule has 0 bridgehead atoms. The maximum Gasteiger partial charge on any atom is 0.264 e. The standard InChI is InChI=1S/C17H21N3O2/c1-4-12-5-7-13(8-6-12)16(11(2)3)19-17(22)14-9-15(21)20-18-10-14/h5-11,16H,4H2,1-3H3,(H,19,22)(H,20,21). The van der Waals surface area contributed by atoms with Gasteiger partial charge < -0.3 is 5.32 Å². The summed E-state index contributed by atoms with van der Waals surface area (Å²) in [6, 6.07) is 9.37. The van der Waals surface area contributed by atoms with Gasteiger partial charge in [0.2, 0.25) is 0 Å². The third-order valence-electron chi connectivity index (χ3n) is 3.63. The van der Waals surface area contributed by atoms with Gasteiger partial charge >= 0.3 is 0 Å². The minimum atomic E-state index is -0.388. The first kappa shape index (κ1) is 15.9. The first-order valence-electron chi connectivity index (χ1n) is 7.45.